The lowest BCUT2D eigenvalue weighted by Gasteiger charge is -2.32. The zero-order valence-corrected chi connectivity index (χ0v) is 9.81. The molecule has 0 saturated carbocycles. The van der Waals surface area contributed by atoms with Gasteiger partial charge >= 0.3 is 5.97 Å². The van der Waals surface area contributed by atoms with E-state index in [9.17, 15) is 9.59 Å². The molecule has 1 heterocycles. The van der Waals surface area contributed by atoms with Gasteiger partial charge in [0.15, 0.2) is 0 Å². The third-order valence-corrected chi connectivity index (χ3v) is 2.99. The van der Waals surface area contributed by atoms with Gasteiger partial charge in [0.25, 0.3) is 0 Å². The minimum atomic E-state index is -0.929. The summed E-state index contributed by atoms with van der Waals surface area (Å²) in [5, 5.41) is 8.63. The van der Waals surface area contributed by atoms with Crippen LogP contribution in [0.1, 0.15) is 26.2 Å². The van der Waals surface area contributed by atoms with Crippen LogP contribution in [-0.2, 0) is 14.3 Å². The number of carbonyl (C=O) groups excluding carboxylic acids is 1. The quantitative estimate of drug-likeness (QED) is 0.772. The van der Waals surface area contributed by atoms with Gasteiger partial charge in [-0.15, -0.1) is 0 Å². The summed E-state index contributed by atoms with van der Waals surface area (Å²) in [7, 11) is 1.75. The van der Waals surface area contributed by atoms with Crippen molar-refractivity contribution in [2.75, 3.05) is 20.3 Å². The number of carbonyl (C=O) groups is 2. The summed E-state index contributed by atoms with van der Waals surface area (Å²) in [5.41, 5.74) is 0. The van der Waals surface area contributed by atoms with Gasteiger partial charge in [-0.3, -0.25) is 9.59 Å². The van der Waals surface area contributed by atoms with Crippen LogP contribution in [0, 0.1) is 5.92 Å². The first kappa shape index (κ1) is 13.0. The van der Waals surface area contributed by atoms with Gasteiger partial charge < -0.3 is 14.7 Å². The molecular weight excluding hydrogens is 210 g/mol. The average molecular weight is 229 g/mol. The van der Waals surface area contributed by atoms with Crippen LogP contribution < -0.4 is 0 Å². The topological polar surface area (TPSA) is 66.8 Å². The highest BCUT2D eigenvalue weighted by molar-refractivity contribution is 5.82. The molecule has 1 aliphatic rings. The monoisotopic (exact) mass is 229 g/mol. The molecule has 1 N–H and O–H groups in total. The molecule has 1 atom stereocenters. The summed E-state index contributed by atoms with van der Waals surface area (Å²) in [5.74, 6) is -1.47. The molecule has 1 amide bonds. The molecule has 5 heteroatoms. The Morgan fingerprint density at radius 2 is 2.00 bits per heavy atom. The second-order valence-corrected chi connectivity index (χ2v) is 4.29. The van der Waals surface area contributed by atoms with E-state index in [1.807, 2.05) is 0 Å². The molecule has 0 aromatic heterocycles. The van der Waals surface area contributed by atoms with E-state index in [0.29, 0.717) is 13.2 Å². The van der Waals surface area contributed by atoms with Crippen molar-refractivity contribution in [2.24, 2.45) is 5.92 Å². The van der Waals surface area contributed by atoms with Crippen molar-refractivity contribution in [3.63, 3.8) is 0 Å². The highest BCUT2D eigenvalue weighted by Crippen LogP contribution is 2.16. The zero-order chi connectivity index (χ0) is 12.1. The van der Waals surface area contributed by atoms with Gasteiger partial charge in [-0.25, -0.2) is 0 Å². The fourth-order valence-corrected chi connectivity index (χ4v) is 1.95. The third kappa shape index (κ3) is 3.48. The number of carboxylic acids is 1. The molecule has 0 bridgehead atoms. The van der Waals surface area contributed by atoms with Gasteiger partial charge in [0, 0.05) is 32.2 Å². The van der Waals surface area contributed by atoms with Crippen molar-refractivity contribution in [3.8, 4) is 0 Å². The number of rotatable bonds is 4. The van der Waals surface area contributed by atoms with Crippen molar-refractivity contribution in [1.29, 1.82) is 0 Å². The van der Waals surface area contributed by atoms with Crippen LogP contribution in [-0.4, -0.2) is 48.2 Å². The number of ether oxygens (including phenoxy) is 1. The van der Waals surface area contributed by atoms with Crippen LogP contribution in [0.5, 0.6) is 0 Å². The number of hydrogen-bond donors (Lipinski definition) is 1. The molecule has 0 radical (unpaired) electrons. The summed E-state index contributed by atoms with van der Waals surface area (Å²) in [4.78, 5) is 24.1. The summed E-state index contributed by atoms with van der Waals surface area (Å²) < 4.78 is 5.22. The van der Waals surface area contributed by atoms with Gasteiger partial charge in [0.05, 0.1) is 6.42 Å². The van der Waals surface area contributed by atoms with Crippen molar-refractivity contribution in [3.05, 3.63) is 0 Å². The lowest BCUT2D eigenvalue weighted by atomic mass is 10.0. The van der Waals surface area contributed by atoms with Gasteiger partial charge in [0.2, 0.25) is 5.91 Å². The summed E-state index contributed by atoms with van der Waals surface area (Å²) in [6.45, 7) is 3.01. The molecule has 5 nitrogen and oxygen atoms in total. The Morgan fingerprint density at radius 3 is 2.50 bits per heavy atom. The van der Waals surface area contributed by atoms with Crippen LogP contribution in [0.2, 0.25) is 0 Å². The van der Waals surface area contributed by atoms with Crippen molar-refractivity contribution >= 4 is 11.9 Å². The minimum Gasteiger partial charge on any atom is -0.481 e. The van der Waals surface area contributed by atoms with E-state index in [-0.39, 0.29) is 18.4 Å². The second kappa shape index (κ2) is 5.84. The number of aliphatic carboxylic acids is 1. The molecule has 16 heavy (non-hydrogen) atoms. The molecule has 0 aliphatic carbocycles. The maximum absolute atomic E-state index is 11.9. The molecule has 1 unspecified atom stereocenters. The first-order valence-electron chi connectivity index (χ1n) is 5.58. The van der Waals surface area contributed by atoms with Gasteiger partial charge in [-0.2, -0.15) is 0 Å². The van der Waals surface area contributed by atoms with E-state index in [1.54, 1.807) is 18.9 Å². The SMILES string of the molecule is CC(CC(=O)O)C(=O)N(C)C1CCOCC1. The highest BCUT2D eigenvalue weighted by atomic mass is 16.5. The number of carboxylic acid groups (broad SMARTS) is 1. The number of amides is 1. The minimum absolute atomic E-state index is 0.0886. The van der Waals surface area contributed by atoms with Crippen molar-refractivity contribution in [1.82, 2.24) is 4.90 Å². The Bertz CT molecular complexity index is 261. The summed E-state index contributed by atoms with van der Waals surface area (Å²) in [6.07, 6.45) is 1.57. The first-order valence-corrected chi connectivity index (χ1v) is 5.58. The Morgan fingerprint density at radius 1 is 1.44 bits per heavy atom. The van der Waals surface area contributed by atoms with Crippen molar-refractivity contribution in [2.45, 2.75) is 32.2 Å². The van der Waals surface area contributed by atoms with Gasteiger partial charge in [-0.05, 0) is 12.8 Å². The summed E-state index contributed by atoms with van der Waals surface area (Å²) >= 11 is 0. The second-order valence-electron chi connectivity index (χ2n) is 4.29. The molecular formula is C11H19NO4. The van der Waals surface area contributed by atoms with Crippen LogP contribution >= 0.6 is 0 Å². The normalized spacial score (nSPS) is 19.1. The Hall–Kier alpha value is -1.10. The van der Waals surface area contributed by atoms with Crippen molar-refractivity contribution < 1.29 is 19.4 Å². The molecule has 1 saturated heterocycles. The van der Waals surface area contributed by atoms with Crippen LogP contribution in [0.15, 0.2) is 0 Å². The average Bonchev–Trinajstić information content (AvgIpc) is 2.27. The smallest absolute Gasteiger partial charge is 0.304 e. The molecule has 1 aliphatic heterocycles. The molecule has 0 aromatic rings. The predicted molar refractivity (Wildman–Crippen MR) is 58.0 cm³/mol. The molecule has 92 valence electrons. The molecule has 1 rings (SSSR count). The molecule has 0 aromatic carbocycles. The van der Waals surface area contributed by atoms with E-state index in [1.165, 1.54) is 0 Å². The van der Waals surface area contributed by atoms with E-state index < -0.39 is 11.9 Å². The predicted octanol–water partition coefficient (Wildman–Crippen LogP) is 0.735. The number of hydrogen-bond acceptors (Lipinski definition) is 3. The lowest BCUT2D eigenvalue weighted by Crippen LogP contribution is -2.43. The van der Waals surface area contributed by atoms with E-state index >= 15 is 0 Å². The van der Waals surface area contributed by atoms with Crippen LogP contribution in [0.3, 0.4) is 0 Å². The highest BCUT2D eigenvalue weighted by Gasteiger charge is 2.26. The largest absolute Gasteiger partial charge is 0.481 e. The molecule has 0 spiro atoms. The zero-order valence-electron chi connectivity index (χ0n) is 9.81. The Kier molecular flexibility index (Phi) is 4.73. The maximum Gasteiger partial charge on any atom is 0.304 e. The summed E-state index contributed by atoms with van der Waals surface area (Å²) in [6, 6.07) is 0.192. The lowest BCUT2D eigenvalue weighted by molar-refractivity contribution is -0.145. The van der Waals surface area contributed by atoms with E-state index in [2.05, 4.69) is 0 Å². The Balaban J connectivity index is 2.48. The first-order chi connectivity index (χ1) is 7.52. The maximum atomic E-state index is 11.9. The van der Waals surface area contributed by atoms with E-state index in [0.717, 1.165) is 12.8 Å². The van der Waals surface area contributed by atoms with Gasteiger partial charge in [-0.1, -0.05) is 6.92 Å². The number of nitrogens with zero attached hydrogens (tertiary/aromatic N) is 1. The molecule has 1 fully saturated rings. The van der Waals surface area contributed by atoms with E-state index in [4.69, 9.17) is 9.84 Å². The van der Waals surface area contributed by atoms with Gasteiger partial charge in [0.1, 0.15) is 0 Å². The fraction of sp³-hybridized carbons (Fsp3) is 0.818. The van der Waals surface area contributed by atoms with Crippen LogP contribution in [0.4, 0.5) is 0 Å². The van der Waals surface area contributed by atoms with Crippen LogP contribution in [0.25, 0.3) is 0 Å². The fourth-order valence-electron chi connectivity index (χ4n) is 1.95. The Labute approximate surface area is 95.4 Å². The third-order valence-electron chi connectivity index (χ3n) is 2.99. The standard InChI is InChI=1S/C11H19NO4/c1-8(7-10(13)14)11(15)12(2)9-3-5-16-6-4-9/h8-9H,3-7H2,1-2H3,(H,13,14).